The molecule has 2 aromatic heterocycles. The van der Waals surface area contributed by atoms with Crippen LogP contribution in [0.15, 0.2) is 42.9 Å². The van der Waals surface area contributed by atoms with Crippen LogP contribution in [0.3, 0.4) is 0 Å². The highest BCUT2D eigenvalue weighted by molar-refractivity contribution is 5.92. The van der Waals surface area contributed by atoms with Crippen molar-refractivity contribution < 1.29 is 14.4 Å². The second kappa shape index (κ2) is 15.1. The van der Waals surface area contributed by atoms with E-state index in [-0.39, 0.29) is 29.9 Å². The molecule has 0 unspecified atom stereocenters. The molecule has 0 aliphatic carbocycles. The third-order valence-electron chi connectivity index (χ3n) is 8.80. The second-order valence-corrected chi connectivity index (χ2v) is 12.1. The van der Waals surface area contributed by atoms with Gasteiger partial charge in [-0.25, -0.2) is 0 Å². The van der Waals surface area contributed by atoms with E-state index in [9.17, 15) is 14.4 Å². The highest BCUT2D eigenvalue weighted by Crippen LogP contribution is 2.31. The smallest absolute Gasteiger partial charge is 0.226 e. The Morgan fingerprint density at radius 2 is 1.76 bits per heavy atom. The number of pyridine rings is 1. The number of nitrogens with zero attached hydrogens (tertiary/aromatic N) is 3. The van der Waals surface area contributed by atoms with Crippen molar-refractivity contribution >= 4 is 28.5 Å². The van der Waals surface area contributed by atoms with Crippen LogP contribution in [0.4, 0.5) is 0 Å². The maximum Gasteiger partial charge on any atom is 0.226 e. The van der Waals surface area contributed by atoms with Crippen molar-refractivity contribution in [3.8, 4) is 0 Å². The fourth-order valence-corrected chi connectivity index (χ4v) is 6.74. The van der Waals surface area contributed by atoms with Crippen LogP contribution >= 0.6 is 0 Å². The molecule has 2 atom stereocenters. The maximum atomic E-state index is 14.1. The van der Waals surface area contributed by atoms with E-state index >= 15 is 0 Å². The molecule has 226 valence electrons. The summed E-state index contributed by atoms with van der Waals surface area (Å²) in [7, 11) is 0. The second-order valence-electron chi connectivity index (χ2n) is 12.1. The number of carbonyl (C=O) groups excluding carboxylic acids is 3. The van der Waals surface area contributed by atoms with Gasteiger partial charge in [0.15, 0.2) is 5.78 Å². The average molecular weight is 574 g/mol. The molecule has 1 aromatic carbocycles. The van der Waals surface area contributed by atoms with Gasteiger partial charge in [-0.05, 0) is 79.3 Å². The number of aryl methyl sites for hydroxylation is 1. The Labute approximate surface area is 250 Å². The molecule has 1 saturated heterocycles. The molecule has 2 N–H and O–H groups in total. The van der Waals surface area contributed by atoms with Crippen molar-refractivity contribution in [3.05, 3.63) is 59.5 Å². The zero-order valence-corrected chi connectivity index (χ0v) is 25.7. The number of nitrogens with one attached hydrogen (secondary N) is 2. The van der Waals surface area contributed by atoms with E-state index in [0.717, 1.165) is 60.6 Å². The highest BCUT2D eigenvalue weighted by atomic mass is 16.2. The summed E-state index contributed by atoms with van der Waals surface area (Å²) in [5.74, 6) is 0.211. The van der Waals surface area contributed by atoms with Crippen molar-refractivity contribution in [1.82, 2.24) is 25.4 Å². The Hall–Kier alpha value is -3.55. The fraction of sp³-hybridized carbons (Fsp3) is 0.559. The first-order valence-electron chi connectivity index (χ1n) is 15.7. The van der Waals surface area contributed by atoms with Gasteiger partial charge < -0.3 is 10.2 Å². The zero-order valence-electron chi connectivity index (χ0n) is 25.7. The normalized spacial score (nSPS) is 15.6. The van der Waals surface area contributed by atoms with Gasteiger partial charge in [0, 0.05) is 50.1 Å². The van der Waals surface area contributed by atoms with E-state index in [1.165, 1.54) is 12.5 Å². The molecule has 0 spiro atoms. The lowest BCUT2D eigenvalue weighted by atomic mass is 9.82. The minimum absolute atomic E-state index is 0.0769. The molecular formula is C34H47N5O3. The lowest BCUT2D eigenvalue weighted by Gasteiger charge is -2.35. The minimum Gasteiger partial charge on any atom is -0.346 e. The molecule has 4 rings (SSSR count). The average Bonchev–Trinajstić information content (AvgIpc) is 3.46. The van der Waals surface area contributed by atoms with Gasteiger partial charge in [0.1, 0.15) is 0 Å². The van der Waals surface area contributed by atoms with E-state index in [1.54, 1.807) is 6.20 Å². The van der Waals surface area contributed by atoms with E-state index in [1.807, 2.05) is 36.4 Å². The predicted octanol–water partition coefficient (Wildman–Crippen LogP) is 5.90. The first kappa shape index (κ1) is 31.4. The van der Waals surface area contributed by atoms with E-state index in [0.29, 0.717) is 37.8 Å². The lowest BCUT2D eigenvalue weighted by Crippen LogP contribution is -2.45. The molecule has 8 nitrogen and oxygen atoms in total. The number of benzene rings is 1. The minimum atomic E-state index is -0.685. The molecule has 0 radical (unpaired) electrons. The van der Waals surface area contributed by atoms with E-state index in [4.69, 9.17) is 0 Å². The van der Waals surface area contributed by atoms with E-state index in [2.05, 4.69) is 46.5 Å². The summed E-state index contributed by atoms with van der Waals surface area (Å²) >= 11 is 0. The van der Waals surface area contributed by atoms with Crippen molar-refractivity contribution in [2.45, 2.75) is 97.4 Å². The quantitative estimate of drug-likeness (QED) is 0.250. The van der Waals surface area contributed by atoms with Crippen molar-refractivity contribution in [3.63, 3.8) is 0 Å². The number of carbonyl (C=O) groups is 3. The SMILES string of the molecule is CCCC(CCC)C[C@H](CC(=O)[C@@H](Cc1cc(C)c2[nH]ncc2c1)NC(C)=O)C(=O)N1CCC(c2ccncc2)CC1. The van der Waals surface area contributed by atoms with Crippen molar-refractivity contribution in [1.29, 1.82) is 0 Å². The Morgan fingerprint density at radius 3 is 2.40 bits per heavy atom. The standard InChI is InChI=1S/C34H47N5O3/c1-5-7-25(8-6-2)18-29(34(42)39-15-11-28(12-16-39)27-9-13-35-14-10-27)21-32(41)31(37-24(4)40)20-26-17-23(3)33-30(19-26)22-36-38-33/h9-10,13-14,17,19,22,25,28-29,31H,5-8,11-12,15-16,18,20-21H2,1-4H3,(H,36,38)(H,37,40)/t29-,31-/m1/s1. The summed E-state index contributed by atoms with van der Waals surface area (Å²) in [6.45, 7) is 9.20. The summed E-state index contributed by atoms with van der Waals surface area (Å²) in [5.41, 5.74) is 4.25. The van der Waals surface area contributed by atoms with Crippen LogP contribution in [0.2, 0.25) is 0 Å². The number of ketones is 1. The maximum absolute atomic E-state index is 14.1. The molecule has 3 aromatic rings. The molecule has 3 heterocycles. The molecule has 0 bridgehead atoms. The van der Waals surface area contributed by atoms with Gasteiger partial charge >= 0.3 is 0 Å². The number of likely N-dealkylation sites (tertiary alicyclic amines) is 1. The summed E-state index contributed by atoms with van der Waals surface area (Å²) in [6.07, 6.45) is 12.7. The number of hydrogen-bond acceptors (Lipinski definition) is 5. The van der Waals surface area contributed by atoms with Crippen molar-refractivity contribution in [2.75, 3.05) is 13.1 Å². The summed E-state index contributed by atoms with van der Waals surface area (Å²) in [4.78, 5) is 46.3. The largest absolute Gasteiger partial charge is 0.346 e. The Bertz CT molecular complexity index is 1320. The first-order valence-corrected chi connectivity index (χ1v) is 15.7. The summed E-state index contributed by atoms with van der Waals surface area (Å²) < 4.78 is 0. The Balaban J connectivity index is 1.51. The predicted molar refractivity (Wildman–Crippen MR) is 166 cm³/mol. The monoisotopic (exact) mass is 573 g/mol. The van der Waals surface area contributed by atoms with Crippen LogP contribution in [0, 0.1) is 18.8 Å². The number of H-pyrrole nitrogens is 1. The van der Waals surface area contributed by atoms with Crippen LogP contribution in [-0.4, -0.2) is 56.8 Å². The number of rotatable bonds is 14. The summed E-state index contributed by atoms with van der Waals surface area (Å²) in [6, 6.07) is 7.50. The number of piperidine rings is 1. The topological polar surface area (TPSA) is 108 Å². The van der Waals surface area contributed by atoms with Gasteiger partial charge in [-0.2, -0.15) is 5.10 Å². The Kier molecular flexibility index (Phi) is 11.3. The molecule has 1 fully saturated rings. The van der Waals surface area contributed by atoms with Crippen molar-refractivity contribution in [2.24, 2.45) is 11.8 Å². The number of fused-ring (bicyclic) bond motifs is 1. The van der Waals surface area contributed by atoms with Crippen LogP contribution in [0.5, 0.6) is 0 Å². The molecule has 0 saturated carbocycles. The highest BCUT2D eigenvalue weighted by Gasteiger charge is 2.33. The van der Waals surface area contributed by atoms with Crippen LogP contribution in [0.25, 0.3) is 10.9 Å². The third kappa shape index (κ3) is 8.26. The van der Waals surface area contributed by atoms with Gasteiger partial charge in [-0.15, -0.1) is 0 Å². The first-order chi connectivity index (χ1) is 20.3. The fourth-order valence-electron chi connectivity index (χ4n) is 6.74. The van der Waals surface area contributed by atoms with Gasteiger partial charge in [0.2, 0.25) is 11.8 Å². The molecular weight excluding hydrogens is 526 g/mol. The Morgan fingerprint density at radius 1 is 1.07 bits per heavy atom. The van der Waals surface area contributed by atoms with Gasteiger partial charge in [-0.1, -0.05) is 45.6 Å². The van der Waals surface area contributed by atoms with Crippen LogP contribution < -0.4 is 5.32 Å². The number of aromatic nitrogens is 3. The molecule has 2 amide bonds. The number of Topliss-reactive ketones (excluding diaryl/α,β-unsaturated/α-hetero) is 1. The van der Waals surface area contributed by atoms with Gasteiger partial charge in [-0.3, -0.25) is 24.5 Å². The van der Waals surface area contributed by atoms with Gasteiger partial charge in [0.05, 0.1) is 17.8 Å². The lowest BCUT2D eigenvalue weighted by molar-refractivity contribution is -0.140. The van der Waals surface area contributed by atoms with Crippen LogP contribution in [-0.2, 0) is 20.8 Å². The van der Waals surface area contributed by atoms with Crippen LogP contribution in [0.1, 0.15) is 94.7 Å². The third-order valence-corrected chi connectivity index (χ3v) is 8.80. The molecule has 1 aliphatic rings. The van der Waals surface area contributed by atoms with Gasteiger partial charge in [0.25, 0.3) is 0 Å². The molecule has 42 heavy (non-hydrogen) atoms. The zero-order chi connectivity index (χ0) is 30.1. The van der Waals surface area contributed by atoms with E-state index < -0.39 is 6.04 Å². The summed E-state index contributed by atoms with van der Waals surface area (Å²) in [5, 5.41) is 11.0. The number of aromatic amines is 1. The molecule has 1 aliphatic heterocycles. The molecule has 8 heteroatoms. The number of hydrogen-bond donors (Lipinski definition) is 2. The number of amides is 2.